The van der Waals surface area contributed by atoms with Crippen LogP contribution < -0.4 is 11.1 Å². The van der Waals surface area contributed by atoms with E-state index in [1.54, 1.807) is 0 Å². The molecule has 0 saturated heterocycles. The van der Waals surface area contributed by atoms with Crippen LogP contribution in [0.15, 0.2) is 39.7 Å². The Labute approximate surface area is 131 Å². The molecule has 0 unspecified atom stereocenters. The Morgan fingerprint density at radius 1 is 1.18 bits per heavy atom. The summed E-state index contributed by atoms with van der Waals surface area (Å²) in [6.45, 7) is 0.658. The van der Waals surface area contributed by atoms with Gasteiger partial charge in [-0.1, -0.05) is 43.9 Å². The zero-order valence-corrected chi connectivity index (χ0v) is 13.1. The van der Waals surface area contributed by atoms with Crippen molar-refractivity contribution in [2.75, 3.05) is 6.54 Å². The number of hydrogen-bond donors (Lipinski definition) is 2. The zero-order valence-electron chi connectivity index (χ0n) is 13.1. The van der Waals surface area contributed by atoms with Crippen LogP contribution in [-0.4, -0.2) is 18.5 Å². The first-order valence-electron chi connectivity index (χ1n) is 8.35. The number of nitrogens with two attached hydrogens (primary N) is 1. The van der Waals surface area contributed by atoms with Crippen LogP contribution in [0.3, 0.4) is 0 Å². The van der Waals surface area contributed by atoms with Crippen LogP contribution in [0.25, 0.3) is 11.0 Å². The number of nitrogens with zero attached hydrogens (tertiary/aromatic N) is 1. The van der Waals surface area contributed by atoms with Crippen molar-refractivity contribution in [3.63, 3.8) is 0 Å². The van der Waals surface area contributed by atoms with E-state index in [0.29, 0.717) is 18.5 Å². The molecule has 1 aromatic carbocycles. The van der Waals surface area contributed by atoms with Gasteiger partial charge in [0.1, 0.15) is 11.3 Å². The molecule has 1 aromatic heterocycles. The van der Waals surface area contributed by atoms with Crippen molar-refractivity contribution in [2.45, 2.75) is 51.0 Å². The van der Waals surface area contributed by atoms with Crippen LogP contribution in [-0.2, 0) is 6.42 Å². The molecule has 0 spiro atoms. The molecule has 0 amide bonds. The summed E-state index contributed by atoms with van der Waals surface area (Å²) < 4.78 is 5.79. The minimum atomic E-state index is 0.498. The minimum Gasteiger partial charge on any atom is -0.461 e. The average Bonchev–Trinajstić information content (AvgIpc) is 2.75. The maximum Gasteiger partial charge on any atom is 0.188 e. The molecule has 1 heterocycles. The summed E-state index contributed by atoms with van der Waals surface area (Å²) >= 11 is 0. The van der Waals surface area contributed by atoms with E-state index >= 15 is 0 Å². The van der Waals surface area contributed by atoms with Crippen molar-refractivity contribution in [1.29, 1.82) is 0 Å². The molecule has 0 bridgehead atoms. The standard InChI is InChI=1S/C18H25N3O/c19-18(21-15-8-3-1-2-4-9-15)20-12-11-16-13-14-7-5-6-10-17(14)22-16/h5-7,10,13,15H,1-4,8-9,11-12H2,(H3,19,20,21). The van der Waals surface area contributed by atoms with Gasteiger partial charge in [0.25, 0.3) is 0 Å². The van der Waals surface area contributed by atoms with E-state index in [4.69, 9.17) is 10.2 Å². The number of benzene rings is 1. The van der Waals surface area contributed by atoms with Crippen molar-refractivity contribution in [1.82, 2.24) is 5.32 Å². The molecule has 0 radical (unpaired) electrons. The van der Waals surface area contributed by atoms with E-state index in [-0.39, 0.29) is 0 Å². The van der Waals surface area contributed by atoms with Gasteiger partial charge < -0.3 is 15.5 Å². The van der Waals surface area contributed by atoms with Crippen molar-refractivity contribution >= 4 is 16.9 Å². The van der Waals surface area contributed by atoms with Gasteiger partial charge in [0.15, 0.2) is 5.96 Å². The number of aliphatic imine (C=N–C) groups is 1. The Morgan fingerprint density at radius 2 is 1.95 bits per heavy atom. The van der Waals surface area contributed by atoms with Crippen LogP contribution >= 0.6 is 0 Å². The highest BCUT2D eigenvalue weighted by atomic mass is 16.3. The molecule has 4 heteroatoms. The Hall–Kier alpha value is -1.97. The zero-order chi connectivity index (χ0) is 15.2. The Morgan fingerprint density at radius 3 is 2.73 bits per heavy atom. The Bertz CT molecular complexity index is 591. The lowest BCUT2D eigenvalue weighted by Crippen LogP contribution is -2.40. The second-order valence-electron chi connectivity index (χ2n) is 6.10. The first-order chi connectivity index (χ1) is 10.8. The van der Waals surface area contributed by atoms with Gasteiger partial charge in [-0.2, -0.15) is 0 Å². The first kappa shape index (κ1) is 14.9. The van der Waals surface area contributed by atoms with Crippen molar-refractivity contribution in [3.05, 3.63) is 36.1 Å². The molecule has 22 heavy (non-hydrogen) atoms. The van der Waals surface area contributed by atoms with Crippen LogP contribution in [0.1, 0.15) is 44.3 Å². The van der Waals surface area contributed by atoms with Gasteiger partial charge in [0.2, 0.25) is 0 Å². The van der Waals surface area contributed by atoms with E-state index in [1.165, 1.54) is 38.5 Å². The maximum atomic E-state index is 6.00. The number of furan rings is 1. The van der Waals surface area contributed by atoms with Gasteiger partial charge in [-0.3, -0.25) is 4.99 Å². The topological polar surface area (TPSA) is 63.5 Å². The van der Waals surface area contributed by atoms with Crippen LogP contribution in [0, 0.1) is 0 Å². The number of hydrogen-bond acceptors (Lipinski definition) is 2. The molecule has 0 aliphatic heterocycles. The fourth-order valence-corrected chi connectivity index (χ4v) is 3.13. The van der Waals surface area contributed by atoms with Crippen LogP contribution in [0.5, 0.6) is 0 Å². The molecule has 118 valence electrons. The van der Waals surface area contributed by atoms with E-state index < -0.39 is 0 Å². The Kier molecular flexibility index (Phi) is 4.99. The maximum absolute atomic E-state index is 6.00. The first-order valence-corrected chi connectivity index (χ1v) is 8.35. The molecule has 1 aliphatic carbocycles. The number of para-hydroxylation sites is 1. The quantitative estimate of drug-likeness (QED) is 0.515. The second-order valence-corrected chi connectivity index (χ2v) is 6.10. The molecular formula is C18H25N3O. The molecule has 1 saturated carbocycles. The van der Waals surface area contributed by atoms with Gasteiger partial charge in [0.05, 0.1) is 0 Å². The lowest BCUT2D eigenvalue weighted by molar-refractivity contribution is 0.528. The summed E-state index contributed by atoms with van der Waals surface area (Å²) in [5.74, 6) is 1.54. The molecule has 2 aromatic rings. The molecule has 3 N–H and O–H groups in total. The van der Waals surface area contributed by atoms with Gasteiger partial charge in [-0.25, -0.2) is 0 Å². The molecule has 1 fully saturated rings. The predicted octanol–water partition coefficient (Wildman–Crippen LogP) is 3.60. The van der Waals surface area contributed by atoms with Crippen molar-refractivity contribution < 1.29 is 4.42 Å². The molecule has 3 rings (SSSR count). The summed E-state index contributed by atoms with van der Waals surface area (Å²) in [6, 6.07) is 10.6. The number of nitrogens with one attached hydrogen (secondary N) is 1. The highest BCUT2D eigenvalue weighted by Crippen LogP contribution is 2.19. The van der Waals surface area contributed by atoms with Gasteiger partial charge in [-0.15, -0.1) is 0 Å². The third kappa shape index (κ3) is 4.03. The predicted molar refractivity (Wildman–Crippen MR) is 91.0 cm³/mol. The summed E-state index contributed by atoms with van der Waals surface area (Å²) in [7, 11) is 0. The largest absolute Gasteiger partial charge is 0.461 e. The van der Waals surface area contributed by atoms with E-state index in [9.17, 15) is 0 Å². The lowest BCUT2D eigenvalue weighted by Gasteiger charge is -2.16. The smallest absolute Gasteiger partial charge is 0.188 e. The second kappa shape index (κ2) is 7.34. The van der Waals surface area contributed by atoms with Gasteiger partial charge >= 0.3 is 0 Å². The van der Waals surface area contributed by atoms with E-state index in [1.807, 2.05) is 18.2 Å². The lowest BCUT2D eigenvalue weighted by atomic mass is 10.1. The van der Waals surface area contributed by atoms with E-state index in [2.05, 4.69) is 22.4 Å². The van der Waals surface area contributed by atoms with Crippen molar-refractivity contribution in [2.24, 2.45) is 10.7 Å². The normalized spacial score (nSPS) is 17.5. The molecule has 1 aliphatic rings. The number of fused-ring (bicyclic) bond motifs is 1. The summed E-state index contributed by atoms with van der Waals surface area (Å²) in [5, 5.41) is 4.51. The van der Waals surface area contributed by atoms with E-state index in [0.717, 1.165) is 23.2 Å². The third-order valence-electron chi connectivity index (χ3n) is 4.32. The van der Waals surface area contributed by atoms with Crippen molar-refractivity contribution in [3.8, 4) is 0 Å². The minimum absolute atomic E-state index is 0.498. The summed E-state index contributed by atoms with van der Waals surface area (Å²) in [4.78, 5) is 4.44. The summed E-state index contributed by atoms with van der Waals surface area (Å²) in [6.07, 6.45) is 8.48. The van der Waals surface area contributed by atoms with Crippen LogP contribution in [0.2, 0.25) is 0 Å². The highest BCUT2D eigenvalue weighted by Gasteiger charge is 2.12. The fraction of sp³-hybridized carbons (Fsp3) is 0.500. The SMILES string of the molecule is NC(=NCCc1cc2ccccc2o1)NC1CCCCCC1. The highest BCUT2D eigenvalue weighted by molar-refractivity contribution is 5.78. The van der Waals surface area contributed by atoms with Gasteiger partial charge in [0, 0.05) is 24.4 Å². The summed E-state index contributed by atoms with van der Waals surface area (Å²) in [5.41, 5.74) is 6.94. The monoisotopic (exact) mass is 299 g/mol. The molecular weight excluding hydrogens is 274 g/mol. The third-order valence-corrected chi connectivity index (χ3v) is 4.32. The molecule has 4 nitrogen and oxygen atoms in total. The average molecular weight is 299 g/mol. The molecule has 0 atom stereocenters. The Balaban J connectivity index is 1.50. The number of guanidine groups is 1. The van der Waals surface area contributed by atoms with Crippen LogP contribution in [0.4, 0.5) is 0 Å². The van der Waals surface area contributed by atoms with Gasteiger partial charge in [-0.05, 0) is 25.0 Å². The number of rotatable bonds is 4. The fourth-order valence-electron chi connectivity index (χ4n) is 3.13.